The number of aliphatic carboxylic acids is 1. The van der Waals surface area contributed by atoms with Crippen LogP contribution in [0.4, 0.5) is 0 Å². The molecule has 9 unspecified atom stereocenters. The number of fused-ring (bicyclic) bond motifs is 2. The zero-order valence-electron chi connectivity index (χ0n) is 25.9. The smallest absolute Gasteiger partial charge is 0.308 e. The van der Waals surface area contributed by atoms with Crippen molar-refractivity contribution < 1.29 is 19.4 Å². The molecule has 9 nitrogen and oxygen atoms in total. The maximum Gasteiger partial charge on any atom is 0.308 e. The molecule has 0 spiro atoms. The summed E-state index contributed by atoms with van der Waals surface area (Å²) in [6.45, 7) is 6.70. The lowest BCUT2D eigenvalue weighted by Crippen LogP contribution is -2.57. The van der Waals surface area contributed by atoms with Crippen molar-refractivity contribution in [2.24, 2.45) is 17.8 Å². The maximum absolute atomic E-state index is 13.8. The molecular formula is C32H49ClN4O5S. The lowest BCUT2D eigenvalue weighted by Gasteiger charge is -2.47. The number of nitrogens with zero attached hydrogens (tertiary/aromatic N) is 3. The molecule has 2 N–H and O–H groups in total. The molecule has 43 heavy (non-hydrogen) atoms. The maximum atomic E-state index is 13.8. The molecule has 6 rings (SSSR count). The quantitative estimate of drug-likeness (QED) is 0.415. The second-order valence-corrected chi connectivity index (χ2v) is 15.5. The Morgan fingerprint density at radius 1 is 1.19 bits per heavy atom. The van der Waals surface area contributed by atoms with E-state index in [1.807, 2.05) is 23.3 Å². The van der Waals surface area contributed by atoms with Crippen LogP contribution in [-0.2, 0) is 33.7 Å². The second kappa shape index (κ2) is 13.7. The summed E-state index contributed by atoms with van der Waals surface area (Å²) in [5.41, 5.74) is 1.94. The van der Waals surface area contributed by atoms with Gasteiger partial charge in [0.05, 0.1) is 30.9 Å². The van der Waals surface area contributed by atoms with Gasteiger partial charge < -0.3 is 19.9 Å². The highest BCUT2D eigenvalue weighted by atomic mass is 35.5. The number of ether oxygens (including phenoxy) is 2. The number of rotatable bonds is 8. The lowest BCUT2D eigenvalue weighted by atomic mass is 9.70. The molecule has 11 heteroatoms. The van der Waals surface area contributed by atoms with Gasteiger partial charge >= 0.3 is 5.97 Å². The van der Waals surface area contributed by atoms with Crippen LogP contribution < -0.4 is 10.9 Å². The molecule has 1 saturated carbocycles. The van der Waals surface area contributed by atoms with Crippen LogP contribution in [0.5, 0.6) is 0 Å². The van der Waals surface area contributed by atoms with E-state index in [-0.39, 0.29) is 46.2 Å². The molecule has 240 valence electrons. The number of aryl methyl sites for hydroxylation is 2. The van der Waals surface area contributed by atoms with E-state index in [4.69, 9.17) is 26.1 Å². The Morgan fingerprint density at radius 3 is 2.74 bits per heavy atom. The third kappa shape index (κ3) is 6.70. The average molecular weight is 637 g/mol. The van der Waals surface area contributed by atoms with Crippen LogP contribution in [0, 0.1) is 24.7 Å². The highest BCUT2D eigenvalue weighted by molar-refractivity contribution is 8.00. The highest BCUT2D eigenvalue weighted by Crippen LogP contribution is 2.48. The first kappa shape index (κ1) is 31.8. The fourth-order valence-corrected chi connectivity index (χ4v) is 10.9. The Hall–Kier alpha value is -1.17. The van der Waals surface area contributed by atoms with Crippen molar-refractivity contribution in [1.29, 1.82) is 0 Å². The predicted molar refractivity (Wildman–Crippen MR) is 169 cm³/mol. The van der Waals surface area contributed by atoms with Crippen LogP contribution >= 0.6 is 23.4 Å². The minimum absolute atomic E-state index is 0.00952. The Balaban J connectivity index is 1.13. The molecule has 0 amide bonds. The summed E-state index contributed by atoms with van der Waals surface area (Å²) in [5, 5.41) is 13.8. The molecule has 3 aliphatic heterocycles. The summed E-state index contributed by atoms with van der Waals surface area (Å²) in [5.74, 6) is 1.02. The number of alkyl halides is 1. The van der Waals surface area contributed by atoms with Crippen LogP contribution in [0.2, 0.25) is 0 Å². The predicted octanol–water partition coefficient (Wildman–Crippen LogP) is 3.50. The van der Waals surface area contributed by atoms with Crippen molar-refractivity contribution >= 4 is 29.3 Å². The Morgan fingerprint density at radius 2 is 1.98 bits per heavy atom. The van der Waals surface area contributed by atoms with Gasteiger partial charge in [-0.25, -0.2) is 4.98 Å². The largest absolute Gasteiger partial charge is 0.481 e. The third-order valence-electron chi connectivity index (χ3n) is 11.1. The van der Waals surface area contributed by atoms with E-state index < -0.39 is 5.97 Å². The van der Waals surface area contributed by atoms with E-state index in [2.05, 4.69) is 24.2 Å². The van der Waals surface area contributed by atoms with Crippen LogP contribution in [0.25, 0.3) is 0 Å². The fourth-order valence-electron chi connectivity index (χ4n) is 8.72. The van der Waals surface area contributed by atoms with Gasteiger partial charge in [0.2, 0.25) is 0 Å². The number of carboxylic acids is 1. The van der Waals surface area contributed by atoms with Crippen LogP contribution in [0.1, 0.15) is 69.0 Å². The van der Waals surface area contributed by atoms with Crippen LogP contribution in [0.15, 0.2) is 4.79 Å². The number of aromatic nitrogens is 2. The number of nitrogens with one attached hydrogen (secondary N) is 1. The topological polar surface area (TPSA) is 106 Å². The monoisotopic (exact) mass is 636 g/mol. The molecule has 1 aromatic rings. The van der Waals surface area contributed by atoms with E-state index in [9.17, 15) is 14.7 Å². The van der Waals surface area contributed by atoms with Gasteiger partial charge in [-0.05, 0) is 90.5 Å². The summed E-state index contributed by atoms with van der Waals surface area (Å²) in [6, 6.07) is 1.13. The number of likely N-dealkylation sites (N-methyl/N-ethyl adjacent to an activating group) is 1. The SMILES string of the molecule is Cc1nc2c(c(=O)n1CCOC1CCC(Cl)CC1C1CC(C)NC3C(C(=O)O)CSC13)CC(N(C)C1CCOCC1)CC2. The number of hydrogen-bond donors (Lipinski definition) is 2. The van der Waals surface area contributed by atoms with Crippen LogP contribution in [0.3, 0.4) is 0 Å². The van der Waals surface area contributed by atoms with E-state index in [1.54, 1.807) is 0 Å². The molecule has 0 aromatic carbocycles. The Bertz CT molecular complexity index is 1210. The number of carboxylic acid groups (broad SMARTS) is 1. The van der Waals surface area contributed by atoms with Crippen molar-refractivity contribution in [2.75, 3.05) is 32.6 Å². The van der Waals surface area contributed by atoms with Gasteiger partial charge in [-0.3, -0.25) is 19.1 Å². The molecule has 4 fully saturated rings. The number of carbonyl (C=O) groups is 1. The molecule has 2 aliphatic carbocycles. The van der Waals surface area contributed by atoms with Gasteiger partial charge in [-0.1, -0.05) is 0 Å². The van der Waals surface area contributed by atoms with Gasteiger partial charge in [0.15, 0.2) is 0 Å². The summed E-state index contributed by atoms with van der Waals surface area (Å²) >= 11 is 8.55. The van der Waals surface area contributed by atoms with E-state index in [0.29, 0.717) is 36.9 Å². The highest BCUT2D eigenvalue weighted by Gasteiger charge is 2.51. The molecule has 0 radical (unpaired) electrons. The average Bonchev–Trinajstić information content (AvgIpc) is 3.43. The van der Waals surface area contributed by atoms with Gasteiger partial charge in [0, 0.05) is 59.3 Å². The molecule has 5 aliphatic rings. The van der Waals surface area contributed by atoms with Gasteiger partial charge in [-0.2, -0.15) is 11.8 Å². The Kier molecular flexibility index (Phi) is 10.1. The van der Waals surface area contributed by atoms with E-state index in [0.717, 1.165) is 88.1 Å². The van der Waals surface area contributed by atoms with Crippen molar-refractivity contribution in [3.63, 3.8) is 0 Å². The van der Waals surface area contributed by atoms with E-state index in [1.165, 1.54) is 0 Å². The number of halogens is 1. The summed E-state index contributed by atoms with van der Waals surface area (Å²) in [7, 11) is 2.21. The second-order valence-electron chi connectivity index (χ2n) is 13.7. The Labute approximate surface area is 264 Å². The molecule has 1 aromatic heterocycles. The van der Waals surface area contributed by atoms with E-state index >= 15 is 0 Å². The summed E-state index contributed by atoms with van der Waals surface area (Å²) in [6.07, 6.45) is 8.53. The summed E-state index contributed by atoms with van der Waals surface area (Å²) < 4.78 is 14.0. The number of thioether (sulfide) groups is 1. The minimum atomic E-state index is -0.701. The normalized spacial score (nSPS) is 36.8. The number of hydrogen-bond acceptors (Lipinski definition) is 8. The molecule has 4 heterocycles. The van der Waals surface area contributed by atoms with Crippen molar-refractivity contribution in [1.82, 2.24) is 19.8 Å². The zero-order chi connectivity index (χ0) is 30.2. The zero-order valence-corrected chi connectivity index (χ0v) is 27.5. The van der Waals surface area contributed by atoms with Crippen molar-refractivity contribution in [3.8, 4) is 0 Å². The van der Waals surface area contributed by atoms with Crippen molar-refractivity contribution in [2.45, 2.75) is 119 Å². The molecule has 9 atom stereocenters. The lowest BCUT2D eigenvalue weighted by molar-refractivity contribution is -0.142. The molecule has 0 bridgehead atoms. The number of piperidine rings is 1. The van der Waals surface area contributed by atoms with Gasteiger partial charge in [0.25, 0.3) is 5.56 Å². The fraction of sp³-hybridized carbons (Fsp3) is 0.844. The first-order valence-corrected chi connectivity index (χ1v) is 17.9. The molecule has 3 saturated heterocycles. The van der Waals surface area contributed by atoms with Gasteiger partial charge in [-0.15, -0.1) is 11.6 Å². The first-order valence-electron chi connectivity index (χ1n) is 16.5. The third-order valence-corrected chi connectivity index (χ3v) is 13.1. The van der Waals surface area contributed by atoms with Gasteiger partial charge in [0.1, 0.15) is 5.82 Å². The first-order chi connectivity index (χ1) is 20.7. The van der Waals surface area contributed by atoms with Crippen molar-refractivity contribution in [3.05, 3.63) is 27.4 Å². The summed E-state index contributed by atoms with van der Waals surface area (Å²) in [4.78, 5) is 33.2. The van der Waals surface area contributed by atoms with Crippen LogP contribution in [-0.4, -0.2) is 99.0 Å². The standard InChI is InChI=1S/C32H49ClN4O5S/c1-18-14-24(30-29(34-18)26(17-43-30)32(39)40)23-15-20(33)4-7-28(23)42-13-10-37-19(2)35-27-6-5-22(16-25(27)31(37)38)36(3)21-8-11-41-12-9-21/h18,20-24,26,28-30,34H,4-17H2,1-3H3,(H,39,40). The molecular weight excluding hydrogens is 588 g/mol. The minimum Gasteiger partial charge on any atom is -0.481 e.